The summed E-state index contributed by atoms with van der Waals surface area (Å²) in [5, 5.41) is 2.50. The van der Waals surface area contributed by atoms with E-state index in [9.17, 15) is 4.79 Å². The summed E-state index contributed by atoms with van der Waals surface area (Å²) in [7, 11) is 0. The molecular formula is C25H16BrCl2NOS. The van der Waals surface area contributed by atoms with E-state index in [0.29, 0.717) is 26.2 Å². The Balaban J connectivity index is 1.79. The maximum atomic E-state index is 13.3. The number of hydrogen-bond donors (Lipinski definition) is 0. The van der Waals surface area contributed by atoms with Crippen molar-refractivity contribution >= 4 is 73.7 Å². The summed E-state index contributed by atoms with van der Waals surface area (Å²) in [4.78, 5) is 19.1. The Bertz CT molecular complexity index is 1320. The molecule has 1 aromatic heterocycles. The maximum absolute atomic E-state index is 13.3. The Morgan fingerprint density at radius 2 is 1.74 bits per heavy atom. The predicted molar refractivity (Wildman–Crippen MR) is 135 cm³/mol. The zero-order valence-corrected chi connectivity index (χ0v) is 20.3. The number of allylic oxidation sites excluding steroid dienone is 1. The number of carbonyl (C=O) groups excluding carboxylic acids is 1. The zero-order chi connectivity index (χ0) is 22.0. The van der Waals surface area contributed by atoms with Gasteiger partial charge in [0.15, 0.2) is 5.78 Å². The van der Waals surface area contributed by atoms with E-state index in [-0.39, 0.29) is 5.78 Å². The summed E-state index contributed by atoms with van der Waals surface area (Å²) in [6.07, 6.45) is 3.22. The minimum atomic E-state index is -0.133. The van der Waals surface area contributed by atoms with Gasteiger partial charge in [-0.2, -0.15) is 0 Å². The molecule has 31 heavy (non-hydrogen) atoms. The van der Waals surface area contributed by atoms with Crippen LogP contribution in [0.2, 0.25) is 10.0 Å². The van der Waals surface area contributed by atoms with E-state index < -0.39 is 0 Å². The fraction of sp³-hybridized carbons (Fsp3) is 0.0400. The third-order valence-corrected chi connectivity index (χ3v) is 7.15. The molecule has 154 valence electrons. The zero-order valence-electron chi connectivity index (χ0n) is 16.4. The SMILES string of the molecule is Cc1c(C(=O)C=Cc2cccc(Cl)c2Cl)c(Sc2ccc(Br)cc2)nc2ccccc12. The van der Waals surface area contributed by atoms with Crippen LogP contribution in [0.4, 0.5) is 0 Å². The molecule has 1 heterocycles. The fourth-order valence-corrected chi connectivity index (χ4v) is 4.86. The molecule has 0 aliphatic heterocycles. The Morgan fingerprint density at radius 3 is 2.52 bits per heavy atom. The molecular weight excluding hydrogens is 513 g/mol. The van der Waals surface area contributed by atoms with E-state index in [1.165, 1.54) is 17.8 Å². The van der Waals surface area contributed by atoms with Crippen LogP contribution < -0.4 is 0 Å². The third-order valence-electron chi connectivity index (χ3n) is 4.79. The maximum Gasteiger partial charge on any atom is 0.188 e. The lowest BCUT2D eigenvalue weighted by Crippen LogP contribution is -2.04. The smallest absolute Gasteiger partial charge is 0.188 e. The number of benzene rings is 3. The van der Waals surface area contributed by atoms with Gasteiger partial charge in [-0.3, -0.25) is 4.79 Å². The number of pyridine rings is 1. The van der Waals surface area contributed by atoms with E-state index in [4.69, 9.17) is 28.2 Å². The first-order valence-corrected chi connectivity index (χ1v) is 11.8. The molecule has 4 rings (SSSR count). The molecule has 0 bridgehead atoms. The number of para-hydroxylation sites is 1. The van der Waals surface area contributed by atoms with Crippen molar-refractivity contribution < 1.29 is 4.79 Å². The van der Waals surface area contributed by atoms with Crippen molar-refractivity contribution in [3.63, 3.8) is 0 Å². The fourth-order valence-electron chi connectivity index (χ4n) is 3.22. The molecule has 0 N–H and O–H groups in total. The van der Waals surface area contributed by atoms with Crippen molar-refractivity contribution in [3.05, 3.63) is 104 Å². The second-order valence-corrected chi connectivity index (χ2v) is 9.59. The van der Waals surface area contributed by atoms with E-state index in [1.54, 1.807) is 18.2 Å². The normalized spacial score (nSPS) is 11.4. The Hall–Kier alpha value is -2.11. The van der Waals surface area contributed by atoms with Crippen LogP contribution in [0, 0.1) is 6.92 Å². The second kappa shape index (κ2) is 9.58. The van der Waals surface area contributed by atoms with Crippen LogP contribution in [0.15, 0.2) is 87.2 Å². The highest BCUT2D eigenvalue weighted by molar-refractivity contribution is 9.10. The summed E-state index contributed by atoms with van der Waals surface area (Å²) in [5.74, 6) is -0.133. The molecule has 6 heteroatoms. The highest BCUT2D eigenvalue weighted by Gasteiger charge is 2.18. The molecule has 0 saturated heterocycles. The van der Waals surface area contributed by atoms with Gasteiger partial charge in [0.25, 0.3) is 0 Å². The van der Waals surface area contributed by atoms with Gasteiger partial charge in [-0.15, -0.1) is 0 Å². The van der Waals surface area contributed by atoms with Crippen LogP contribution >= 0.6 is 50.9 Å². The van der Waals surface area contributed by atoms with Crippen LogP contribution in [0.25, 0.3) is 17.0 Å². The molecule has 4 aromatic rings. The number of aryl methyl sites for hydroxylation is 1. The number of fused-ring (bicyclic) bond motifs is 1. The summed E-state index contributed by atoms with van der Waals surface area (Å²) in [6.45, 7) is 1.96. The van der Waals surface area contributed by atoms with Gasteiger partial charge in [0.05, 0.1) is 21.1 Å². The van der Waals surface area contributed by atoms with Crippen molar-refractivity contribution in [2.24, 2.45) is 0 Å². The van der Waals surface area contributed by atoms with E-state index in [0.717, 1.165) is 25.8 Å². The number of carbonyl (C=O) groups is 1. The van der Waals surface area contributed by atoms with Gasteiger partial charge in [0.1, 0.15) is 5.03 Å². The first-order chi connectivity index (χ1) is 14.9. The van der Waals surface area contributed by atoms with Gasteiger partial charge >= 0.3 is 0 Å². The molecule has 0 unspecified atom stereocenters. The third kappa shape index (κ3) is 4.88. The van der Waals surface area contributed by atoms with Crippen LogP contribution in [-0.2, 0) is 0 Å². The number of nitrogens with zero attached hydrogens (tertiary/aromatic N) is 1. The van der Waals surface area contributed by atoms with Crippen LogP contribution in [-0.4, -0.2) is 10.8 Å². The number of aromatic nitrogens is 1. The molecule has 0 fully saturated rings. The first kappa shape index (κ1) is 22.1. The number of hydrogen-bond acceptors (Lipinski definition) is 3. The lowest BCUT2D eigenvalue weighted by Gasteiger charge is -2.13. The summed E-state index contributed by atoms with van der Waals surface area (Å²) in [6, 6.07) is 21.1. The molecule has 0 radical (unpaired) electrons. The minimum Gasteiger partial charge on any atom is -0.289 e. The largest absolute Gasteiger partial charge is 0.289 e. The van der Waals surface area contributed by atoms with Gasteiger partial charge in [-0.05, 0) is 66.6 Å². The predicted octanol–water partition coefficient (Wildman–Crippen LogP) is 8.66. The number of ketones is 1. The van der Waals surface area contributed by atoms with Gasteiger partial charge in [-0.25, -0.2) is 4.98 Å². The summed E-state index contributed by atoms with van der Waals surface area (Å²) < 4.78 is 0.997. The van der Waals surface area contributed by atoms with Gasteiger partial charge < -0.3 is 0 Å². The van der Waals surface area contributed by atoms with Crippen molar-refractivity contribution in [1.82, 2.24) is 4.98 Å². The highest BCUT2D eigenvalue weighted by Crippen LogP contribution is 2.35. The van der Waals surface area contributed by atoms with Crippen molar-refractivity contribution in [2.45, 2.75) is 16.8 Å². The van der Waals surface area contributed by atoms with E-state index in [1.807, 2.05) is 61.5 Å². The van der Waals surface area contributed by atoms with Crippen molar-refractivity contribution in [1.29, 1.82) is 0 Å². The van der Waals surface area contributed by atoms with Crippen molar-refractivity contribution in [3.8, 4) is 0 Å². The summed E-state index contributed by atoms with van der Waals surface area (Å²) in [5.41, 5.74) is 3.03. The number of halogens is 3. The average molecular weight is 529 g/mol. The van der Waals surface area contributed by atoms with E-state index in [2.05, 4.69) is 15.9 Å². The van der Waals surface area contributed by atoms with Crippen LogP contribution in [0.3, 0.4) is 0 Å². The Morgan fingerprint density at radius 1 is 1.00 bits per heavy atom. The molecule has 0 atom stereocenters. The van der Waals surface area contributed by atoms with Gasteiger partial charge in [-0.1, -0.05) is 81.2 Å². The average Bonchev–Trinajstić information content (AvgIpc) is 2.76. The summed E-state index contributed by atoms with van der Waals surface area (Å²) >= 11 is 17.3. The standard InChI is InChI=1S/C25H16BrCl2NOS/c1-15-19-6-2-3-8-21(19)29-25(31-18-12-10-17(26)11-13-18)23(15)22(30)14-9-16-5-4-7-20(27)24(16)28/h2-14H,1H3. The van der Waals surface area contributed by atoms with Crippen LogP contribution in [0.5, 0.6) is 0 Å². The molecule has 0 saturated carbocycles. The van der Waals surface area contributed by atoms with E-state index >= 15 is 0 Å². The monoisotopic (exact) mass is 527 g/mol. The lowest BCUT2D eigenvalue weighted by atomic mass is 10.0. The topological polar surface area (TPSA) is 30.0 Å². The number of rotatable bonds is 5. The second-order valence-electron chi connectivity index (χ2n) is 6.83. The quantitative estimate of drug-likeness (QED) is 0.192. The molecule has 3 aromatic carbocycles. The highest BCUT2D eigenvalue weighted by atomic mass is 79.9. The van der Waals surface area contributed by atoms with Gasteiger partial charge in [0.2, 0.25) is 0 Å². The Kier molecular flexibility index (Phi) is 6.83. The van der Waals surface area contributed by atoms with Gasteiger partial charge in [0, 0.05) is 14.8 Å². The molecule has 0 aliphatic carbocycles. The molecule has 2 nitrogen and oxygen atoms in total. The molecule has 0 amide bonds. The minimum absolute atomic E-state index is 0.133. The van der Waals surface area contributed by atoms with Crippen LogP contribution in [0.1, 0.15) is 21.5 Å². The molecule has 0 spiro atoms. The van der Waals surface area contributed by atoms with Crippen molar-refractivity contribution in [2.75, 3.05) is 0 Å². The Labute approximate surface area is 203 Å². The first-order valence-electron chi connectivity index (χ1n) is 9.43. The lowest BCUT2D eigenvalue weighted by molar-refractivity contribution is 0.104. The molecule has 0 aliphatic rings.